The van der Waals surface area contributed by atoms with E-state index >= 15 is 0 Å². The van der Waals surface area contributed by atoms with Crippen LogP contribution in [0.5, 0.6) is 11.5 Å². The van der Waals surface area contributed by atoms with Crippen LogP contribution in [0.2, 0.25) is 0 Å². The van der Waals surface area contributed by atoms with Crippen LogP contribution in [0.4, 0.5) is 10.1 Å². The van der Waals surface area contributed by atoms with E-state index < -0.39 is 10.8 Å². The number of hydrazone groups is 1. The summed E-state index contributed by atoms with van der Waals surface area (Å²) in [5.41, 5.74) is 3.63. The second-order valence-electron chi connectivity index (χ2n) is 6.46. The molecule has 0 saturated heterocycles. The largest absolute Gasteiger partial charge is 0.493 e. The van der Waals surface area contributed by atoms with Gasteiger partial charge < -0.3 is 9.47 Å². The Morgan fingerprint density at radius 3 is 2.66 bits per heavy atom. The molecule has 0 atom stereocenters. The molecule has 0 aromatic heterocycles. The highest BCUT2D eigenvalue weighted by atomic mass is 79.9. The zero-order valence-electron chi connectivity index (χ0n) is 16.7. The predicted molar refractivity (Wildman–Crippen MR) is 120 cm³/mol. The van der Waals surface area contributed by atoms with Crippen molar-refractivity contribution in [1.82, 2.24) is 5.43 Å². The first-order chi connectivity index (χ1) is 15.4. The van der Waals surface area contributed by atoms with E-state index in [-0.39, 0.29) is 23.7 Å². The number of carbonyl (C=O) groups excluding carboxylic acids is 1. The van der Waals surface area contributed by atoms with Gasteiger partial charge in [0.25, 0.3) is 11.6 Å². The number of non-ortho nitro benzene ring substituents is 1. The average Bonchev–Trinajstić information content (AvgIpc) is 2.79. The van der Waals surface area contributed by atoms with Crippen LogP contribution in [0.15, 0.2) is 70.2 Å². The van der Waals surface area contributed by atoms with Gasteiger partial charge in [0, 0.05) is 17.7 Å². The molecule has 0 aliphatic heterocycles. The van der Waals surface area contributed by atoms with Gasteiger partial charge in [0.2, 0.25) is 0 Å². The molecule has 3 rings (SSSR count). The number of nitrogens with zero attached hydrogens (tertiary/aromatic N) is 2. The molecule has 1 amide bonds. The molecule has 1 N–H and O–H groups in total. The van der Waals surface area contributed by atoms with Crippen LogP contribution in [0.1, 0.15) is 21.5 Å². The number of nitrogens with one attached hydrogen (secondary N) is 1. The van der Waals surface area contributed by atoms with Crippen LogP contribution < -0.4 is 14.9 Å². The third-order valence-corrected chi connectivity index (χ3v) is 4.84. The number of hydrogen-bond donors (Lipinski definition) is 1. The molecule has 0 fully saturated rings. The molecule has 3 aromatic rings. The maximum atomic E-state index is 13.0. The lowest BCUT2D eigenvalue weighted by Crippen LogP contribution is -2.17. The Morgan fingerprint density at radius 2 is 1.97 bits per heavy atom. The van der Waals surface area contributed by atoms with Crippen molar-refractivity contribution >= 4 is 33.7 Å². The highest BCUT2D eigenvalue weighted by Crippen LogP contribution is 2.36. The fourth-order valence-electron chi connectivity index (χ4n) is 2.68. The molecule has 164 valence electrons. The number of carbonyl (C=O) groups is 1. The number of benzene rings is 3. The van der Waals surface area contributed by atoms with E-state index in [1.54, 1.807) is 24.3 Å². The highest BCUT2D eigenvalue weighted by molar-refractivity contribution is 9.10. The van der Waals surface area contributed by atoms with Crippen molar-refractivity contribution in [3.8, 4) is 11.5 Å². The lowest BCUT2D eigenvalue weighted by atomic mass is 10.2. The van der Waals surface area contributed by atoms with Crippen LogP contribution in [0.3, 0.4) is 0 Å². The molecule has 0 saturated carbocycles. The molecule has 0 aliphatic carbocycles. The molecule has 0 unspecified atom stereocenters. The number of nitro groups is 1. The number of amides is 1. The van der Waals surface area contributed by atoms with Gasteiger partial charge in [0.05, 0.1) is 22.7 Å². The van der Waals surface area contributed by atoms with E-state index in [1.807, 2.05) is 0 Å². The Morgan fingerprint density at radius 1 is 1.22 bits per heavy atom. The van der Waals surface area contributed by atoms with Gasteiger partial charge in [-0.25, -0.2) is 9.82 Å². The fourth-order valence-corrected chi connectivity index (χ4v) is 3.26. The first-order valence-electron chi connectivity index (χ1n) is 9.20. The molecular weight excluding hydrogens is 485 g/mol. The van der Waals surface area contributed by atoms with Crippen molar-refractivity contribution in [2.45, 2.75) is 6.61 Å². The van der Waals surface area contributed by atoms with Crippen LogP contribution in [0, 0.1) is 15.9 Å². The molecule has 10 heteroatoms. The number of ether oxygens (including phenoxy) is 2. The molecule has 8 nitrogen and oxygen atoms in total. The quantitative estimate of drug-likeness (QED) is 0.270. The van der Waals surface area contributed by atoms with E-state index in [0.29, 0.717) is 21.5 Å². The van der Waals surface area contributed by atoms with Crippen LogP contribution in [0.25, 0.3) is 0 Å². The molecule has 32 heavy (non-hydrogen) atoms. The summed E-state index contributed by atoms with van der Waals surface area (Å²) in [7, 11) is 1.48. The summed E-state index contributed by atoms with van der Waals surface area (Å²) in [5.74, 6) is -0.0356. The maximum absolute atomic E-state index is 13.0. The molecule has 0 bridgehead atoms. The summed E-state index contributed by atoms with van der Waals surface area (Å²) >= 11 is 3.43. The smallest absolute Gasteiger partial charge is 0.271 e. The first-order valence-corrected chi connectivity index (χ1v) is 9.99. The Balaban J connectivity index is 1.69. The van der Waals surface area contributed by atoms with Crippen molar-refractivity contribution in [3.05, 3.63) is 97.8 Å². The number of methoxy groups -OCH3 is 1. The Labute approximate surface area is 190 Å². The lowest BCUT2D eigenvalue weighted by molar-refractivity contribution is -0.384. The van der Waals surface area contributed by atoms with Gasteiger partial charge >= 0.3 is 0 Å². The van der Waals surface area contributed by atoms with E-state index in [9.17, 15) is 19.3 Å². The molecule has 3 aromatic carbocycles. The Kier molecular flexibility index (Phi) is 7.50. The predicted octanol–water partition coefficient (Wildman–Crippen LogP) is 4.85. The van der Waals surface area contributed by atoms with Crippen molar-refractivity contribution < 1.29 is 23.6 Å². The number of hydrogen-bond acceptors (Lipinski definition) is 6. The normalized spacial score (nSPS) is 10.7. The molecule has 0 radical (unpaired) electrons. The minimum absolute atomic E-state index is 0.111. The van der Waals surface area contributed by atoms with Crippen molar-refractivity contribution in [3.63, 3.8) is 0 Å². The van der Waals surface area contributed by atoms with Crippen molar-refractivity contribution in [2.24, 2.45) is 5.10 Å². The summed E-state index contributed by atoms with van der Waals surface area (Å²) in [6.07, 6.45) is 1.40. The van der Waals surface area contributed by atoms with Crippen LogP contribution in [-0.4, -0.2) is 24.2 Å². The SMILES string of the molecule is COc1cc(/C=N\NC(=O)c2cccc([N+](=O)[O-])c2)cc(Br)c1OCc1ccc(F)cc1. The minimum Gasteiger partial charge on any atom is -0.493 e. The van der Waals surface area contributed by atoms with Gasteiger partial charge in [0.1, 0.15) is 12.4 Å². The second kappa shape index (κ2) is 10.5. The van der Waals surface area contributed by atoms with E-state index in [0.717, 1.165) is 11.6 Å². The van der Waals surface area contributed by atoms with Crippen LogP contribution >= 0.6 is 15.9 Å². The van der Waals surface area contributed by atoms with Gasteiger partial charge in [-0.05, 0) is 57.4 Å². The summed E-state index contributed by atoms with van der Waals surface area (Å²) < 4.78 is 24.8. The van der Waals surface area contributed by atoms with Crippen molar-refractivity contribution in [1.29, 1.82) is 0 Å². The lowest BCUT2D eigenvalue weighted by Gasteiger charge is -2.13. The second-order valence-corrected chi connectivity index (χ2v) is 7.31. The number of nitro benzene ring substituents is 1. The minimum atomic E-state index is -0.588. The van der Waals surface area contributed by atoms with E-state index in [4.69, 9.17) is 9.47 Å². The number of rotatable bonds is 8. The van der Waals surface area contributed by atoms with Gasteiger partial charge in [-0.1, -0.05) is 18.2 Å². The Hall–Kier alpha value is -3.79. The maximum Gasteiger partial charge on any atom is 0.271 e. The molecule has 0 spiro atoms. The summed E-state index contributed by atoms with van der Waals surface area (Å²) in [6.45, 7) is 0.210. The van der Waals surface area contributed by atoms with Gasteiger partial charge in [-0.3, -0.25) is 14.9 Å². The third-order valence-electron chi connectivity index (χ3n) is 4.25. The van der Waals surface area contributed by atoms with Gasteiger partial charge in [-0.2, -0.15) is 5.10 Å². The van der Waals surface area contributed by atoms with Crippen LogP contribution in [-0.2, 0) is 6.61 Å². The number of halogens is 2. The summed E-state index contributed by atoms with van der Waals surface area (Å²) in [6, 6.07) is 14.7. The molecule has 0 aliphatic rings. The van der Waals surface area contributed by atoms with E-state index in [2.05, 4.69) is 26.5 Å². The van der Waals surface area contributed by atoms with E-state index in [1.165, 1.54) is 43.7 Å². The van der Waals surface area contributed by atoms with Gasteiger partial charge in [-0.15, -0.1) is 0 Å². The van der Waals surface area contributed by atoms with Crippen molar-refractivity contribution in [2.75, 3.05) is 7.11 Å². The first kappa shape index (κ1) is 22.9. The summed E-state index contributed by atoms with van der Waals surface area (Å²) in [5, 5.41) is 14.7. The zero-order valence-corrected chi connectivity index (χ0v) is 18.3. The highest BCUT2D eigenvalue weighted by Gasteiger charge is 2.13. The Bertz CT molecular complexity index is 1170. The molecular formula is C22H17BrFN3O5. The molecule has 0 heterocycles. The average molecular weight is 502 g/mol. The fraction of sp³-hybridized carbons (Fsp3) is 0.0909. The third kappa shape index (κ3) is 5.88. The topological polar surface area (TPSA) is 103 Å². The zero-order chi connectivity index (χ0) is 23.1. The standard InChI is InChI=1S/C22H17BrFN3O5/c1-31-20-10-15(9-19(23)21(20)32-13-14-5-7-17(24)8-6-14)12-25-26-22(28)16-3-2-4-18(11-16)27(29)30/h2-12H,13H2,1H3,(H,26,28)/b25-12-. The summed E-state index contributed by atoms with van der Waals surface area (Å²) in [4.78, 5) is 22.4. The monoisotopic (exact) mass is 501 g/mol. The van der Waals surface area contributed by atoms with Gasteiger partial charge in [0.15, 0.2) is 11.5 Å².